The summed E-state index contributed by atoms with van der Waals surface area (Å²) < 4.78 is 12.7. The van der Waals surface area contributed by atoms with Gasteiger partial charge in [-0.2, -0.15) is 0 Å². The predicted octanol–water partition coefficient (Wildman–Crippen LogP) is 1.95. The molecule has 1 aromatic carbocycles. The van der Waals surface area contributed by atoms with Crippen LogP contribution in [0.5, 0.6) is 0 Å². The molecule has 0 bridgehead atoms. The van der Waals surface area contributed by atoms with Crippen molar-refractivity contribution in [1.29, 1.82) is 0 Å². The zero-order valence-corrected chi connectivity index (χ0v) is 9.72. The average molecular weight is 245 g/mol. The maximum absolute atomic E-state index is 12.7. The van der Waals surface area contributed by atoms with Gasteiger partial charge in [-0.05, 0) is 31.5 Å². The van der Waals surface area contributed by atoms with E-state index in [2.05, 4.69) is 5.32 Å². The Hall–Kier alpha value is -1.13. The Labute approximate surface area is 98.8 Å². The minimum atomic E-state index is -0.461. The summed E-state index contributed by atoms with van der Waals surface area (Å²) in [5.74, 6) is -0.775. The summed E-state index contributed by atoms with van der Waals surface area (Å²) in [5, 5.41) is 2.77. The van der Waals surface area contributed by atoms with Crippen molar-refractivity contribution in [2.45, 2.75) is 19.4 Å². The van der Waals surface area contributed by atoms with Crippen LogP contribution in [0.4, 0.5) is 4.39 Å². The van der Waals surface area contributed by atoms with E-state index in [-0.39, 0.29) is 22.5 Å². The number of rotatable bonds is 4. The van der Waals surface area contributed by atoms with Crippen molar-refractivity contribution in [2.75, 3.05) is 6.54 Å². The smallest absolute Gasteiger partial charge is 0.252 e. The Morgan fingerprint density at radius 3 is 2.88 bits per heavy atom. The summed E-state index contributed by atoms with van der Waals surface area (Å²) in [4.78, 5) is 11.6. The Kier molecular flexibility index (Phi) is 4.71. The van der Waals surface area contributed by atoms with Crippen LogP contribution in [0.15, 0.2) is 18.2 Å². The lowest BCUT2D eigenvalue weighted by atomic mass is 10.2. The van der Waals surface area contributed by atoms with Crippen LogP contribution >= 0.6 is 11.6 Å². The van der Waals surface area contributed by atoms with Gasteiger partial charge in [-0.25, -0.2) is 4.39 Å². The summed E-state index contributed by atoms with van der Waals surface area (Å²) in [6, 6.07) is 3.71. The van der Waals surface area contributed by atoms with Gasteiger partial charge < -0.3 is 11.1 Å². The number of carbonyl (C=O) groups excluding carboxylic acids is 1. The lowest BCUT2D eigenvalue weighted by molar-refractivity contribution is 0.0953. The van der Waals surface area contributed by atoms with Gasteiger partial charge in [0.25, 0.3) is 5.91 Å². The molecule has 1 aromatic rings. The van der Waals surface area contributed by atoms with E-state index < -0.39 is 5.82 Å². The number of halogens is 2. The van der Waals surface area contributed by atoms with Gasteiger partial charge in [0.15, 0.2) is 0 Å². The zero-order valence-electron chi connectivity index (χ0n) is 8.97. The minimum absolute atomic E-state index is 0.0315. The second kappa shape index (κ2) is 5.82. The van der Waals surface area contributed by atoms with Crippen LogP contribution in [0.2, 0.25) is 5.02 Å². The molecule has 0 aromatic heterocycles. The van der Waals surface area contributed by atoms with Gasteiger partial charge in [-0.3, -0.25) is 4.79 Å². The molecular formula is C11H14ClFN2O. The molecule has 1 rings (SSSR count). The number of amides is 1. The molecule has 5 heteroatoms. The second-order valence-corrected chi connectivity index (χ2v) is 4.05. The Balaban J connectivity index is 2.59. The first kappa shape index (κ1) is 12.9. The highest BCUT2D eigenvalue weighted by Gasteiger charge is 2.10. The second-order valence-electron chi connectivity index (χ2n) is 3.65. The van der Waals surface area contributed by atoms with Gasteiger partial charge in [-0.1, -0.05) is 11.6 Å². The van der Waals surface area contributed by atoms with E-state index in [9.17, 15) is 9.18 Å². The van der Waals surface area contributed by atoms with Crippen LogP contribution in [-0.2, 0) is 0 Å². The van der Waals surface area contributed by atoms with Crippen LogP contribution in [0.25, 0.3) is 0 Å². The molecule has 0 saturated heterocycles. The summed E-state index contributed by atoms with van der Waals surface area (Å²) >= 11 is 5.74. The number of benzene rings is 1. The normalized spacial score (nSPS) is 12.2. The molecule has 0 aliphatic rings. The molecule has 0 fully saturated rings. The third kappa shape index (κ3) is 3.79. The molecule has 0 radical (unpaired) electrons. The molecule has 0 aliphatic heterocycles. The number of carbonyl (C=O) groups is 1. The Morgan fingerprint density at radius 1 is 1.62 bits per heavy atom. The van der Waals surface area contributed by atoms with Crippen molar-refractivity contribution in [1.82, 2.24) is 5.32 Å². The Bertz CT molecular complexity index is 382. The highest BCUT2D eigenvalue weighted by atomic mass is 35.5. The first-order valence-corrected chi connectivity index (χ1v) is 5.37. The molecule has 3 nitrogen and oxygen atoms in total. The molecule has 0 saturated carbocycles. The van der Waals surface area contributed by atoms with Crippen molar-refractivity contribution in [3.8, 4) is 0 Å². The van der Waals surface area contributed by atoms with Crippen molar-refractivity contribution in [2.24, 2.45) is 5.73 Å². The van der Waals surface area contributed by atoms with Crippen molar-refractivity contribution < 1.29 is 9.18 Å². The van der Waals surface area contributed by atoms with Gasteiger partial charge in [0.2, 0.25) is 0 Å². The minimum Gasteiger partial charge on any atom is -0.352 e. The SMILES string of the molecule is CC(N)CCNC(=O)c1ccc(F)cc1Cl. The summed E-state index contributed by atoms with van der Waals surface area (Å²) in [6.45, 7) is 2.33. The fraction of sp³-hybridized carbons (Fsp3) is 0.364. The Morgan fingerprint density at radius 2 is 2.31 bits per heavy atom. The molecular weight excluding hydrogens is 231 g/mol. The van der Waals surface area contributed by atoms with Gasteiger partial charge >= 0.3 is 0 Å². The number of nitrogens with two attached hydrogens (primary N) is 1. The molecule has 0 aliphatic carbocycles. The highest BCUT2D eigenvalue weighted by molar-refractivity contribution is 6.33. The summed E-state index contributed by atoms with van der Waals surface area (Å²) in [5.41, 5.74) is 5.81. The standard InChI is InChI=1S/C11H14ClFN2O/c1-7(14)4-5-15-11(16)9-3-2-8(13)6-10(9)12/h2-3,6-7H,4-5,14H2,1H3,(H,15,16). The van der Waals surface area contributed by atoms with Gasteiger partial charge in [0, 0.05) is 12.6 Å². The fourth-order valence-electron chi connectivity index (χ4n) is 1.18. The zero-order chi connectivity index (χ0) is 12.1. The largest absolute Gasteiger partial charge is 0.352 e. The van der Waals surface area contributed by atoms with Gasteiger partial charge in [0.1, 0.15) is 5.82 Å². The van der Waals surface area contributed by atoms with Gasteiger partial charge in [0.05, 0.1) is 10.6 Å². The maximum atomic E-state index is 12.7. The van der Waals surface area contributed by atoms with Crippen LogP contribution < -0.4 is 11.1 Å². The number of hydrogen-bond acceptors (Lipinski definition) is 2. The lowest BCUT2D eigenvalue weighted by Gasteiger charge is -2.08. The first-order valence-electron chi connectivity index (χ1n) is 4.99. The monoisotopic (exact) mass is 244 g/mol. The molecule has 1 amide bonds. The van der Waals surface area contributed by atoms with Gasteiger partial charge in [-0.15, -0.1) is 0 Å². The molecule has 1 unspecified atom stereocenters. The molecule has 0 spiro atoms. The molecule has 16 heavy (non-hydrogen) atoms. The van der Waals surface area contributed by atoms with E-state index in [0.717, 1.165) is 6.07 Å². The van der Waals surface area contributed by atoms with Crippen molar-refractivity contribution in [3.05, 3.63) is 34.6 Å². The highest BCUT2D eigenvalue weighted by Crippen LogP contribution is 2.16. The maximum Gasteiger partial charge on any atom is 0.252 e. The lowest BCUT2D eigenvalue weighted by Crippen LogP contribution is -2.29. The average Bonchev–Trinajstić information content (AvgIpc) is 2.16. The van der Waals surface area contributed by atoms with E-state index in [0.29, 0.717) is 13.0 Å². The van der Waals surface area contributed by atoms with Crippen molar-refractivity contribution in [3.63, 3.8) is 0 Å². The number of nitrogens with one attached hydrogen (secondary N) is 1. The summed E-state index contributed by atoms with van der Waals surface area (Å²) in [6.07, 6.45) is 0.685. The number of hydrogen-bond donors (Lipinski definition) is 2. The van der Waals surface area contributed by atoms with E-state index in [1.807, 2.05) is 6.92 Å². The van der Waals surface area contributed by atoms with E-state index >= 15 is 0 Å². The molecule has 3 N–H and O–H groups in total. The van der Waals surface area contributed by atoms with E-state index in [1.165, 1.54) is 12.1 Å². The van der Waals surface area contributed by atoms with E-state index in [4.69, 9.17) is 17.3 Å². The molecule has 1 atom stereocenters. The quantitative estimate of drug-likeness (QED) is 0.851. The fourth-order valence-corrected chi connectivity index (χ4v) is 1.44. The third-order valence-corrected chi connectivity index (χ3v) is 2.37. The topological polar surface area (TPSA) is 55.1 Å². The van der Waals surface area contributed by atoms with Crippen LogP contribution in [0, 0.1) is 5.82 Å². The van der Waals surface area contributed by atoms with Crippen LogP contribution in [0.3, 0.4) is 0 Å². The third-order valence-electron chi connectivity index (χ3n) is 2.06. The van der Waals surface area contributed by atoms with E-state index in [1.54, 1.807) is 0 Å². The predicted molar refractivity (Wildman–Crippen MR) is 62.0 cm³/mol. The molecule has 0 heterocycles. The molecule has 88 valence electrons. The van der Waals surface area contributed by atoms with Crippen molar-refractivity contribution >= 4 is 17.5 Å². The van der Waals surface area contributed by atoms with Crippen LogP contribution in [0.1, 0.15) is 23.7 Å². The first-order chi connectivity index (χ1) is 7.50. The summed E-state index contributed by atoms with van der Waals surface area (Å²) in [7, 11) is 0. The van der Waals surface area contributed by atoms with Crippen LogP contribution in [-0.4, -0.2) is 18.5 Å².